The predicted molar refractivity (Wildman–Crippen MR) is 104 cm³/mol. The Morgan fingerprint density at radius 1 is 1.20 bits per heavy atom. The van der Waals surface area contributed by atoms with Gasteiger partial charge in [-0.15, -0.1) is 0 Å². The maximum atomic E-state index is 12.7. The fourth-order valence-electron chi connectivity index (χ4n) is 4.18. The van der Waals surface area contributed by atoms with Gasteiger partial charge in [0.05, 0.1) is 6.04 Å². The summed E-state index contributed by atoms with van der Waals surface area (Å²) >= 11 is 0. The van der Waals surface area contributed by atoms with Gasteiger partial charge in [0.2, 0.25) is 5.91 Å². The quantitative estimate of drug-likeness (QED) is 0.851. The van der Waals surface area contributed by atoms with Crippen molar-refractivity contribution in [3.63, 3.8) is 0 Å². The SMILES string of the molecule is CC(C(=O)Nc1cccc(CN2CCCC2)c1)N(C)C1CCCCC1. The van der Waals surface area contributed by atoms with E-state index in [0.717, 1.165) is 12.2 Å². The number of likely N-dealkylation sites (N-methyl/N-ethyl adjacent to an activating group) is 1. The highest BCUT2D eigenvalue weighted by Gasteiger charge is 2.26. The van der Waals surface area contributed by atoms with E-state index in [1.807, 2.05) is 13.0 Å². The van der Waals surface area contributed by atoms with Gasteiger partial charge in [0, 0.05) is 18.3 Å². The van der Waals surface area contributed by atoms with Crippen molar-refractivity contribution >= 4 is 11.6 Å². The third kappa shape index (κ3) is 5.05. The van der Waals surface area contributed by atoms with Crippen LogP contribution in [0.5, 0.6) is 0 Å². The van der Waals surface area contributed by atoms with Gasteiger partial charge in [-0.1, -0.05) is 31.4 Å². The van der Waals surface area contributed by atoms with Gasteiger partial charge in [0.1, 0.15) is 0 Å². The summed E-state index contributed by atoms with van der Waals surface area (Å²) in [5.41, 5.74) is 2.21. The normalized spacial score (nSPS) is 20.8. The molecule has 1 aromatic carbocycles. The molecule has 25 heavy (non-hydrogen) atoms. The first kappa shape index (κ1) is 18.4. The zero-order valence-electron chi connectivity index (χ0n) is 15.8. The van der Waals surface area contributed by atoms with Crippen LogP contribution in [0, 0.1) is 0 Å². The molecule has 2 fully saturated rings. The zero-order chi connectivity index (χ0) is 17.6. The Morgan fingerprint density at radius 2 is 1.92 bits per heavy atom. The molecule has 0 spiro atoms. The lowest BCUT2D eigenvalue weighted by molar-refractivity contribution is -0.121. The molecule has 4 nitrogen and oxygen atoms in total. The molecule has 1 aromatic rings. The van der Waals surface area contributed by atoms with Crippen LogP contribution in [0.25, 0.3) is 0 Å². The number of rotatable bonds is 6. The molecule has 138 valence electrons. The van der Waals surface area contributed by atoms with Crippen LogP contribution in [-0.4, -0.2) is 47.9 Å². The lowest BCUT2D eigenvalue weighted by atomic mass is 9.93. The van der Waals surface area contributed by atoms with Crippen LogP contribution in [0.4, 0.5) is 5.69 Å². The van der Waals surface area contributed by atoms with E-state index in [-0.39, 0.29) is 11.9 Å². The van der Waals surface area contributed by atoms with E-state index < -0.39 is 0 Å². The first-order chi connectivity index (χ1) is 12.1. The molecule has 1 heterocycles. The molecule has 0 aromatic heterocycles. The van der Waals surface area contributed by atoms with Crippen molar-refractivity contribution in [2.45, 2.75) is 70.5 Å². The highest BCUT2D eigenvalue weighted by atomic mass is 16.2. The fraction of sp³-hybridized carbons (Fsp3) is 0.667. The molecule has 1 aliphatic carbocycles. The van der Waals surface area contributed by atoms with Crippen molar-refractivity contribution in [3.05, 3.63) is 29.8 Å². The van der Waals surface area contributed by atoms with Crippen molar-refractivity contribution in [1.82, 2.24) is 9.80 Å². The van der Waals surface area contributed by atoms with Gasteiger partial charge in [0.25, 0.3) is 0 Å². The van der Waals surface area contributed by atoms with Crippen LogP contribution in [0.2, 0.25) is 0 Å². The van der Waals surface area contributed by atoms with Gasteiger partial charge in [-0.3, -0.25) is 14.6 Å². The highest BCUT2D eigenvalue weighted by molar-refractivity contribution is 5.94. The van der Waals surface area contributed by atoms with E-state index in [2.05, 4.69) is 40.4 Å². The van der Waals surface area contributed by atoms with E-state index in [9.17, 15) is 4.79 Å². The molecule has 1 atom stereocenters. The van der Waals surface area contributed by atoms with Gasteiger partial charge >= 0.3 is 0 Å². The number of carbonyl (C=O) groups excluding carboxylic acids is 1. The maximum Gasteiger partial charge on any atom is 0.241 e. The summed E-state index contributed by atoms with van der Waals surface area (Å²) in [6.07, 6.45) is 8.99. The van der Waals surface area contributed by atoms with E-state index in [1.165, 1.54) is 63.6 Å². The van der Waals surface area contributed by atoms with Crippen LogP contribution in [0.3, 0.4) is 0 Å². The molecular formula is C21H33N3O. The second kappa shape index (κ2) is 8.81. The Balaban J connectivity index is 1.56. The lowest BCUT2D eigenvalue weighted by Gasteiger charge is -2.34. The maximum absolute atomic E-state index is 12.7. The summed E-state index contributed by atoms with van der Waals surface area (Å²) in [4.78, 5) is 17.4. The van der Waals surface area contributed by atoms with Crippen molar-refractivity contribution < 1.29 is 4.79 Å². The second-order valence-electron chi connectivity index (χ2n) is 7.81. The average Bonchev–Trinajstić information content (AvgIpc) is 3.14. The molecule has 3 rings (SSSR count). The predicted octanol–water partition coefficient (Wildman–Crippen LogP) is 3.87. The number of nitrogens with one attached hydrogen (secondary N) is 1. The number of benzene rings is 1. The average molecular weight is 344 g/mol. The van der Waals surface area contributed by atoms with Crippen LogP contribution in [0.15, 0.2) is 24.3 Å². The smallest absolute Gasteiger partial charge is 0.241 e. The molecule has 1 aliphatic heterocycles. The Hall–Kier alpha value is -1.39. The molecule has 1 saturated carbocycles. The third-order valence-electron chi connectivity index (χ3n) is 5.94. The number of anilines is 1. The minimum absolute atomic E-state index is 0.0923. The van der Waals surface area contributed by atoms with Crippen molar-refractivity contribution in [2.24, 2.45) is 0 Å². The van der Waals surface area contributed by atoms with Crippen LogP contribution in [-0.2, 0) is 11.3 Å². The Bertz CT molecular complexity index is 562. The number of hydrogen-bond acceptors (Lipinski definition) is 3. The summed E-state index contributed by atoms with van der Waals surface area (Å²) < 4.78 is 0. The Kier molecular flexibility index (Phi) is 6.49. The van der Waals surface area contributed by atoms with E-state index >= 15 is 0 Å². The van der Waals surface area contributed by atoms with E-state index in [4.69, 9.17) is 0 Å². The minimum Gasteiger partial charge on any atom is -0.325 e. The standard InChI is InChI=1S/C21H33N3O/c1-17(23(2)20-11-4-3-5-12-20)21(25)22-19-10-8-9-18(15-19)16-24-13-6-7-14-24/h8-10,15,17,20H,3-7,11-14,16H2,1-2H3,(H,22,25). The highest BCUT2D eigenvalue weighted by Crippen LogP contribution is 2.23. The monoisotopic (exact) mass is 343 g/mol. The third-order valence-corrected chi connectivity index (χ3v) is 5.94. The summed E-state index contributed by atoms with van der Waals surface area (Å²) in [7, 11) is 2.10. The number of nitrogens with zero attached hydrogens (tertiary/aromatic N) is 2. The molecule has 1 N–H and O–H groups in total. The fourth-order valence-corrected chi connectivity index (χ4v) is 4.18. The summed E-state index contributed by atoms with van der Waals surface area (Å²) in [6, 6.07) is 8.80. The molecule has 2 aliphatic rings. The summed E-state index contributed by atoms with van der Waals surface area (Å²) in [6.45, 7) is 5.40. The first-order valence-electron chi connectivity index (χ1n) is 9.97. The molecular weight excluding hydrogens is 310 g/mol. The van der Waals surface area contributed by atoms with Crippen molar-refractivity contribution in [1.29, 1.82) is 0 Å². The van der Waals surface area contributed by atoms with Gasteiger partial charge in [0.15, 0.2) is 0 Å². The van der Waals surface area contributed by atoms with Crippen LogP contribution >= 0.6 is 0 Å². The second-order valence-corrected chi connectivity index (χ2v) is 7.81. The molecule has 4 heteroatoms. The van der Waals surface area contributed by atoms with Crippen molar-refractivity contribution in [3.8, 4) is 0 Å². The topological polar surface area (TPSA) is 35.6 Å². The number of likely N-dealkylation sites (tertiary alicyclic amines) is 1. The molecule has 0 radical (unpaired) electrons. The van der Waals surface area contributed by atoms with Gasteiger partial charge in [-0.2, -0.15) is 0 Å². The molecule has 0 bridgehead atoms. The number of hydrogen-bond donors (Lipinski definition) is 1. The van der Waals surface area contributed by atoms with Gasteiger partial charge in [-0.05, 0) is 70.4 Å². The van der Waals surface area contributed by atoms with Gasteiger partial charge < -0.3 is 5.32 Å². The lowest BCUT2D eigenvalue weighted by Crippen LogP contribution is -2.46. The summed E-state index contributed by atoms with van der Waals surface area (Å²) in [5, 5.41) is 3.13. The number of amides is 1. The molecule has 1 saturated heterocycles. The first-order valence-corrected chi connectivity index (χ1v) is 9.97. The Morgan fingerprint density at radius 3 is 2.64 bits per heavy atom. The molecule has 1 amide bonds. The van der Waals surface area contributed by atoms with Gasteiger partial charge in [-0.25, -0.2) is 0 Å². The van der Waals surface area contributed by atoms with E-state index in [0.29, 0.717) is 6.04 Å². The Labute approximate surface area is 152 Å². The minimum atomic E-state index is -0.0923. The van der Waals surface area contributed by atoms with E-state index in [1.54, 1.807) is 0 Å². The zero-order valence-corrected chi connectivity index (χ0v) is 15.8. The van der Waals surface area contributed by atoms with Crippen molar-refractivity contribution in [2.75, 3.05) is 25.5 Å². The van der Waals surface area contributed by atoms with Crippen LogP contribution in [0.1, 0.15) is 57.4 Å². The largest absolute Gasteiger partial charge is 0.325 e. The summed E-state index contributed by atoms with van der Waals surface area (Å²) in [5.74, 6) is 0.103. The molecule has 1 unspecified atom stereocenters. The van der Waals surface area contributed by atoms with Crippen LogP contribution < -0.4 is 5.32 Å². The number of carbonyl (C=O) groups is 1.